The van der Waals surface area contributed by atoms with Crippen LogP contribution in [0.5, 0.6) is 0 Å². The minimum Gasteiger partial charge on any atom is -0.309 e. The highest BCUT2D eigenvalue weighted by Gasteiger charge is 2.16. The third kappa shape index (κ3) is 4.14. The molecule has 0 aliphatic rings. The summed E-state index contributed by atoms with van der Waals surface area (Å²) in [6.07, 6.45) is 0.933. The van der Waals surface area contributed by atoms with Gasteiger partial charge in [0.25, 0.3) is 5.56 Å². The zero-order valence-electron chi connectivity index (χ0n) is 15.1. The molecule has 0 atom stereocenters. The molecule has 0 saturated heterocycles. The Labute approximate surface area is 163 Å². The van der Waals surface area contributed by atoms with Crippen LogP contribution < -0.4 is 5.56 Å². The first-order valence-electron chi connectivity index (χ1n) is 7.81. The predicted octanol–water partition coefficient (Wildman–Crippen LogP) is 3.73. The van der Waals surface area contributed by atoms with Crippen LogP contribution in [0, 0.1) is 20.8 Å². The highest BCUT2D eigenvalue weighted by atomic mass is 35.5. The summed E-state index contributed by atoms with van der Waals surface area (Å²) in [6, 6.07) is 2.05. The van der Waals surface area contributed by atoms with Gasteiger partial charge in [-0.2, -0.15) is 0 Å². The highest BCUT2D eigenvalue weighted by molar-refractivity contribution is 7.25. The highest BCUT2D eigenvalue weighted by Crippen LogP contribution is 2.32. The van der Waals surface area contributed by atoms with Gasteiger partial charge < -0.3 is 4.90 Å². The lowest BCUT2D eigenvalue weighted by Gasteiger charge is -2.12. The van der Waals surface area contributed by atoms with E-state index in [1.165, 1.54) is 11.3 Å². The Hall–Kier alpha value is -1.21. The molecule has 8 heteroatoms. The van der Waals surface area contributed by atoms with Gasteiger partial charge >= 0.3 is 0 Å². The topological polar surface area (TPSA) is 51.0 Å². The second kappa shape index (κ2) is 8.45. The molecule has 0 spiro atoms. The molecule has 0 amide bonds. The molecular weight excluding hydrogens is 379 g/mol. The largest absolute Gasteiger partial charge is 0.309 e. The quantitative estimate of drug-likeness (QED) is 0.666. The standard InChI is InChI=1S/C17H22N4OS.2ClH/c1-10-9-11(2)18-16-13(10)14-15(23-16)17(22)21(12(3)19-14)8-6-7-20(4)5;;/h9H,6-8H2,1-5H3;2*1H. The van der Waals surface area contributed by atoms with Gasteiger partial charge in [-0.3, -0.25) is 9.36 Å². The van der Waals surface area contributed by atoms with E-state index in [4.69, 9.17) is 4.98 Å². The summed E-state index contributed by atoms with van der Waals surface area (Å²) < 4.78 is 2.51. The molecule has 0 aromatic carbocycles. The van der Waals surface area contributed by atoms with Crippen LogP contribution >= 0.6 is 36.2 Å². The van der Waals surface area contributed by atoms with Crippen LogP contribution in [-0.4, -0.2) is 40.1 Å². The van der Waals surface area contributed by atoms with E-state index in [9.17, 15) is 4.79 Å². The van der Waals surface area contributed by atoms with Gasteiger partial charge in [0.2, 0.25) is 0 Å². The van der Waals surface area contributed by atoms with Gasteiger partial charge in [-0.15, -0.1) is 36.2 Å². The Kier molecular flexibility index (Phi) is 7.38. The van der Waals surface area contributed by atoms with Crippen LogP contribution in [0.2, 0.25) is 0 Å². The molecule has 0 aliphatic heterocycles. The lowest BCUT2D eigenvalue weighted by atomic mass is 10.1. The minimum atomic E-state index is 0. The summed E-state index contributed by atoms with van der Waals surface area (Å²) in [5, 5.41) is 1.02. The monoisotopic (exact) mass is 402 g/mol. The Morgan fingerprint density at radius 1 is 1.16 bits per heavy atom. The van der Waals surface area contributed by atoms with Gasteiger partial charge in [-0.05, 0) is 59.5 Å². The SMILES string of the molecule is Cc1cc(C)c2c(n1)sc1c(=O)n(CCCN(C)C)c(C)nc12.Cl.Cl. The molecule has 3 rings (SSSR count). The summed E-state index contributed by atoms with van der Waals surface area (Å²) in [5.74, 6) is 0.779. The number of thiophene rings is 1. The van der Waals surface area contributed by atoms with Crippen molar-refractivity contribution < 1.29 is 0 Å². The van der Waals surface area contributed by atoms with Gasteiger partial charge in [0.05, 0.1) is 5.52 Å². The first-order chi connectivity index (χ1) is 10.9. The van der Waals surface area contributed by atoms with Crippen LogP contribution in [0.4, 0.5) is 0 Å². The third-order valence-corrected chi connectivity index (χ3v) is 5.11. The first kappa shape index (κ1) is 21.8. The number of hydrogen-bond acceptors (Lipinski definition) is 5. The zero-order valence-corrected chi connectivity index (χ0v) is 17.6. The molecule has 3 aromatic rings. The van der Waals surface area contributed by atoms with Crippen LogP contribution in [0.3, 0.4) is 0 Å². The van der Waals surface area contributed by atoms with Gasteiger partial charge in [-0.1, -0.05) is 0 Å². The summed E-state index contributed by atoms with van der Waals surface area (Å²) in [4.78, 5) is 25.2. The van der Waals surface area contributed by atoms with Crippen LogP contribution in [0.1, 0.15) is 23.5 Å². The Balaban J connectivity index is 0.00000156. The average Bonchev–Trinajstić information content (AvgIpc) is 2.80. The van der Waals surface area contributed by atoms with Crippen molar-refractivity contribution in [1.82, 2.24) is 19.4 Å². The number of aromatic nitrogens is 3. The summed E-state index contributed by atoms with van der Waals surface area (Å²) in [6.45, 7) is 7.61. The number of pyridine rings is 1. The van der Waals surface area contributed by atoms with Crippen molar-refractivity contribution in [3.63, 3.8) is 0 Å². The second-order valence-corrected chi connectivity index (χ2v) is 7.31. The van der Waals surface area contributed by atoms with Crippen molar-refractivity contribution in [1.29, 1.82) is 0 Å². The summed E-state index contributed by atoms with van der Waals surface area (Å²) >= 11 is 1.46. The van der Waals surface area contributed by atoms with E-state index in [1.54, 1.807) is 4.57 Å². The van der Waals surface area contributed by atoms with Gasteiger partial charge in [0.15, 0.2) is 0 Å². The number of aryl methyl sites for hydroxylation is 3. The van der Waals surface area contributed by atoms with E-state index >= 15 is 0 Å². The van der Waals surface area contributed by atoms with Crippen molar-refractivity contribution >= 4 is 56.6 Å². The Morgan fingerprint density at radius 2 is 1.84 bits per heavy atom. The Morgan fingerprint density at radius 3 is 2.48 bits per heavy atom. The fourth-order valence-electron chi connectivity index (χ4n) is 2.97. The van der Waals surface area contributed by atoms with Crippen molar-refractivity contribution in [2.75, 3.05) is 20.6 Å². The summed E-state index contributed by atoms with van der Waals surface area (Å²) in [5.41, 5.74) is 2.98. The fraction of sp³-hybridized carbons (Fsp3) is 0.471. The molecule has 0 unspecified atom stereocenters. The van der Waals surface area contributed by atoms with Crippen molar-refractivity contribution in [3.8, 4) is 0 Å². The number of nitrogens with zero attached hydrogens (tertiary/aromatic N) is 4. The molecule has 3 heterocycles. The average molecular weight is 403 g/mol. The maximum Gasteiger partial charge on any atom is 0.271 e. The molecule has 0 saturated carbocycles. The molecule has 0 N–H and O–H groups in total. The smallest absolute Gasteiger partial charge is 0.271 e. The molecular formula is C17H24Cl2N4OS. The maximum atomic E-state index is 12.9. The van der Waals surface area contributed by atoms with E-state index in [0.29, 0.717) is 6.54 Å². The van der Waals surface area contributed by atoms with Crippen molar-refractivity contribution in [3.05, 3.63) is 33.5 Å². The maximum absolute atomic E-state index is 12.9. The molecule has 0 aliphatic carbocycles. The van der Waals surface area contributed by atoms with E-state index in [2.05, 4.69) is 16.8 Å². The van der Waals surface area contributed by atoms with E-state index < -0.39 is 0 Å². The fourth-order valence-corrected chi connectivity index (χ4v) is 4.16. The number of halogens is 2. The summed E-state index contributed by atoms with van der Waals surface area (Å²) in [7, 11) is 4.08. The number of rotatable bonds is 4. The lowest BCUT2D eigenvalue weighted by Crippen LogP contribution is -2.25. The molecule has 5 nitrogen and oxygen atoms in total. The molecule has 138 valence electrons. The van der Waals surface area contributed by atoms with Crippen LogP contribution in [-0.2, 0) is 6.54 Å². The van der Waals surface area contributed by atoms with Crippen molar-refractivity contribution in [2.45, 2.75) is 33.7 Å². The minimum absolute atomic E-state index is 0. The van der Waals surface area contributed by atoms with Gasteiger partial charge in [0.1, 0.15) is 15.4 Å². The molecule has 0 bridgehead atoms. The molecule has 25 heavy (non-hydrogen) atoms. The molecule has 3 aromatic heterocycles. The van der Waals surface area contributed by atoms with E-state index in [-0.39, 0.29) is 30.4 Å². The van der Waals surface area contributed by atoms with Gasteiger partial charge in [-0.25, -0.2) is 9.97 Å². The predicted molar refractivity (Wildman–Crippen MR) is 111 cm³/mol. The first-order valence-corrected chi connectivity index (χ1v) is 8.62. The van der Waals surface area contributed by atoms with Crippen molar-refractivity contribution in [2.24, 2.45) is 0 Å². The van der Waals surface area contributed by atoms with E-state index in [1.807, 2.05) is 34.0 Å². The number of hydrogen-bond donors (Lipinski definition) is 0. The van der Waals surface area contributed by atoms with Gasteiger partial charge in [0, 0.05) is 17.6 Å². The van der Waals surface area contributed by atoms with E-state index in [0.717, 1.165) is 50.5 Å². The Bertz CT molecular complexity index is 949. The lowest BCUT2D eigenvalue weighted by molar-refractivity contribution is 0.383. The number of fused-ring (bicyclic) bond motifs is 3. The third-order valence-electron chi connectivity index (χ3n) is 4.05. The second-order valence-electron chi connectivity index (χ2n) is 6.31. The van der Waals surface area contributed by atoms with Crippen LogP contribution in [0.15, 0.2) is 10.9 Å². The molecule has 0 fully saturated rings. The van der Waals surface area contributed by atoms with Crippen LogP contribution in [0.25, 0.3) is 20.4 Å². The zero-order chi connectivity index (χ0) is 16.7. The normalized spacial score (nSPS) is 11.0. The molecule has 0 radical (unpaired) electrons.